The van der Waals surface area contributed by atoms with Gasteiger partial charge in [-0.15, -0.1) is 11.6 Å². The number of halogens is 2. The second-order valence-corrected chi connectivity index (χ2v) is 17.6. The third-order valence-corrected chi connectivity index (χ3v) is 15.2. The van der Waals surface area contributed by atoms with Crippen molar-refractivity contribution in [3.63, 3.8) is 0 Å². The van der Waals surface area contributed by atoms with E-state index in [1.165, 1.54) is 12.8 Å². The summed E-state index contributed by atoms with van der Waals surface area (Å²) in [6, 6.07) is 0.545. The molecule has 0 amide bonds. The van der Waals surface area contributed by atoms with E-state index in [1.807, 2.05) is 23.3 Å². The third kappa shape index (κ3) is 6.68. The summed E-state index contributed by atoms with van der Waals surface area (Å²) in [4.78, 5) is 33.6. The third-order valence-electron chi connectivity index (χ3n) is 13.2. The molecule has 5 fully saturated rings. The molecule has 7 rings (SSSR count). The van der Waals surface area contributed by atoms with Gasteiger partial charge in [0.15, 0.2) is 0 Å². The molecule has 2 saturated heterocycles. The monoisotopic (exact) mass is 692 g/mol. The van der Waals surface area contributed by atoms with E-state index < -0.39 is 12.1 Å². The molecule has 2 aliphatic heterocycles. The lowest BCUT2D eigenvalue weighted by atomic mass is 9.70. The number of ether oxygens (including phenoxy) is 1. The molecule has 0 bridgehead atoms. The Hall–Kier alpha value is -1.20. The number of carbonyl (C=O) groups is 1. The van der Waals surface area contributed by atoms with E-state index >= 15 is 0 Å². The maximum atomic E-state index is 14.0. The quantitative estimate of drug-likeness (QED) is 0.334. The van der Waals surface area contributed by atoms with E-state index in [1.54, 1.807) is 0 Å². The summed E-state index contributed by atoms with van der Waals surface area (Å²) >= 11 is 8.57. The van der Waals surface area contributed by atoms with Crippen LogP contribution in [-0.2, 0) is 28.9 Å². The zero-order valence-corrected chi connectivity index (χ0v) is 29.9. The predicted molar refractivity (Wildman–Crippen MR) is 184 cm³/mol. The number of hydrogen-bond donors (Lipinski definition) is 2. The lowest BCUT2D eigenvalue weighted by Gasteiger charge is -2.47. The summed E-state index contributed by atoms with van der Waals surface area (Å²) in [5.74, 6) is 1.52. The first-order valence-electron chi connectivity index (χ1n) is 18.4. The maximum absolute atomic E-state index is 14.0. The van der Waals surface area contributed by atoms with Crippen LogP contribution in [0.25, 0.3) is 0 Å². The van der Waals surface area contributed by atoms with Gasteiger partial charge in [0.1, 0.15) is 12.0 Å². The Morgan fingerprint density at radius 3 is 2.66 bits per heavy atom. The molecule has 2 N–H and O–H groups in total. The summed E-state index contributed by atoms with van der Waals surface area (Å²) < 4.78 is 22.4. The van der Waals surface area contributed by atoms with Crippen LogP contribution in [0.5, 0.6) is 0 Å². The van der Waals surface area contributed by atoms with Gasteiger partial charge in [0.2, 0.25) is 0 Å². The highest BCUT2D eigenvalue weighted by Crippen LogP contribution is 2.54. The SMILES string of the molecule is Cc1nc2c(c(=O)n1CCOC1CCC(Cl)CC1C1CC(C)NC3C(C(=O)O)CSC13)C[C@H](N(C)C1(C3CCC(F)CC3)CC1)CC2. The molecular weight excluding hydrogens is 639 g/mol. The largest absolute Gasteiger partial charge is 0.481 e. The van der Waals surface area contributed by atoms with Gasteiger partial charge >= 0.3 is 5.97 Å². The van der Waals surface area contributed by atoms with Crippen LogP contribution in [-0.4, -0.2) is 91.5 Å². The van der Waals surface area contributed by atoms with E-state index in [4.69, 9.17) is 21.3 Å². The van der Waals surface area contributed by atoms with Crippen LogP contribution in [0, 0.1) is 30.6 Å². The smallest absolute Gasteiger partial charge is 0.308 e. The van der Waals surface area contributed by atoms with Gasteiger partial charge in [0.25, 0.3) is 5.56 Å². The zero-order chi connectivity index (χ0) is 33.0. The lowest BCUT2D eigenvalue weighted by Crippen LogP contribution is -2.57. The van der Waals surface area contributed by atoms with Crippen LogP contribution < -0.4 is 10.9 Å². The van der Waals surface area contributed by atoms with Crippen molar-refractivity contribution in [2.24, 2.45) is 23.7 Å². The number of aliphatic carboxylic acids is 1. The van der Waals surface area contributed by atoms with Crippen molar-refractivity contribution in [1.82, 2.24) is 19.8 Å². The number of rotatable bonds is 9. The molecule has 11 heteroatoms. The van der Waals surface area contributed by atoms with Crippen LogP contribution in [0.2, 0.25) is 0 Å². The van der Waals surface area contributed by atoms with E-state index in [0.717, 1.165) is 74.9 Å². The molecule has 8 unspecified atom stereocenters. The van der Waals surface area contributed by atoms with Crippen molar-refractivity contribution < 1.29 is 19.0 Å². The molecule has 262 valence electrons. The summed E-state index contributed by atoms with van der Waals surface area (Å²) in [5, 5.41) is 13.8. The fourth-order valence-corrected chi connectivity index (χ4v) is 12.6. The minimum atomic E-state index is -0.706. The van der Waals surface area contributed by atoms with Crippen molar-refractivity contribution >= 4 is 29.3 Å². The Balaban J connectivity index is 1.02. The van der Waals surface area contributed by atoms with E-state index in [2.05, 4.69) is 24.2 Å². The van der Waals surface area contributed by atoms with E-state index in [-0.39, 0.29) is 51.7 Å². The van der Waals surface area contributed by atoms with Crippen molar-refractivity contribution in [3.05, 3.63) is 27.4 Å². The van der Waals surface area contributed by atoms with Gasteiger partial charge in [-0.25, -0.2) is 9.37 Å². The number of likely N-dealkylation sites (N-methyl/N-ethyl adjacent to an activating group) is 1. The standard InChI is InChI=1S/C36H54ClFN4O4S/c1-20-16-27(33-32(39-20)29(19-47-33)35(44)45)26-17-23(37)6-11-31(26)46-15-14-42-21(2)40-30-10-9-25(18-28(30)34(42)43)41(3)36(12-13-36)22-4-7-24(38)8-5-22/h20,22-27,29,31-33,39H,4-19H2,1-3H3,(H,44,45)/t20?,22?,23?,24?,25-,26?,27?,29?,31?,32?,33?/m1/s1. The van der Waals surface area contributed by atoms with Crippen LogP contribution in [0.4, 0.5) is 4.39 Å². The molecular formula is C36H54ClFN4O4S. The average molecular weight is 693 g/mol. The van der Waals surface area contributed by atoms with Crippen molar-refractivity contribution in [1.29, 1.82) is 0 Å². The summed E-state index contributed by atoms with van der Waals surface area (Å²) in [7, 11) is 2.25. The number of hydrogen-bond acceptors (Lipinski definition) is 7. The zero-order valence-electron chi connectivity index (χ0n) is 28.3. The first-order valence-corrected chi connectivity index (χ1v) is 19.9. The molecule has 3 heterocycles. The molecule has 9 atom stereocenters. The number of carboxylic acids is 1. The molecule has 47 heavy (non-hydrogen) atoms. The summed E-state index contributed by atoms with van der Waals surface area (Å²) in [6.07, 6.45) is 11.4. The Kier molecular flexibility index (Phi) is 10.1. The predicted octanol–water partition coefficient (Wildman–Crippen LogP) is 5.38. The van der Waals surface area contributed by atoms with Crippen LogP contribution in [0.1, 0.15) is 94.6 Å². The molecule has 6 aliphatic rings. The van der Waals surface area contributed by atoms with Crippen molar-refractivity contribution in [2.45, 2.75) is 150 Å². The molecule has 3 saturated carbocycles. The Bertz CT molecular complexity index is 1370. The molecule has 4 aliphatic carbocycles. The second-order valence-electron chi connectivity index (χ2n) is 15.8. The summed E-state index contributed by atoms with van der Waals surface area (Å²) in [5.41, 5.74) is 2.09. The van der Waals surface area contributed by atoms with Crippen LogP contribution in [0.3, 0.4) is 0 Å². The number of nitrogens with one attached hydrogen (secondary N) is 1. The fraction of sp³-hybridized carbons (Fsp3) is 0.861. The number of alkyl halides is 2. The number of carboxylic acid groups (broad SMARTS) is 1. The molecule has 8 nitrogen and oxygen atoms in total. The lowest BCUT2D eigenvalue weighted by molar-refractivity contribution is -0.142. The number of nitrogens with zero attached hydrogens (tertiary/aromatic N) is 3. The van der Waals surface area contributed by atoms with Gasteiger partial charge in [-0.05, 0) is 122 Å². The summed E-state index contributed by atoms with van der Waals surface area (Å²) in [6.45, 7) is 5.02. The molecule has 1 aromatic rings. The van der Waals surface area contributed by atoms with Gasteiger partial charge in [-0.1, -0.05) is 0 Å². The molecule has 0 aromatic carbocycles. The fourth-order valence-electron chi connectivity index (χ4n) is 10.4. The van der Waals surface area contributed by atoms with Crippen molar-refractivity contribution in [2.75, 3.05) is 19.4 Å². The van der Waals surface area contributed by atoms with Gasteiger partial charge in [0, 0.05) is 45.6 Å². The Morgan fingerprint density at radius 1 is 1.17 bits per heavy atom. The highest BCUT2D eigenvalue weighted by molar-refractivity contribution is 8.00. The maximum Gasteiger partial charge on any atom is 0.308 e. The first kappa shape index (κ1) is 34.3. The molecule has 1 aromatic heterocycles. The molecule has 0 radical (unpaired) electrons. The van der Waals surface area contributed by atoms with Gasteiger partial charge < -0.3 is 15.2 Å². The van der Waals surface area contributed by atoms with Gasteiger partial charge in [-0.3, -0.25) is 19.1 Å². The van der Waals surface area contributed by atoms with Crippen molar-refractivity contribution in [3.8, 4) is 0 Å². The first-order chi connectivity index (χ1) is 22.6. The highest BCUT2D eigenvalue weighted by Gasteiger charge is 2.55. The minimum Gasteiger partial charge on any atom is -0.481 e. The minimum absolute atomic E-state index is 0.0202. The number of piperidine rings is 1. The van der Waals surface area contributed by atoms with Gasteiger partial charge in [-0.2, -0.15) is 11.8 Å². The second kappa shape index (κ2) is 13.8. The number of aromatic nitrogens is 2. The van der Waals surface area contributed by atoms with E-state index in [9.17, 15) is 19.1 Å². The van der Waals surface area contributed by atoms with Gasteiger partial charge in [0.05, 0.1) is 30.9 Å². The normalized spacial score (nSPS) is 39.7. The van der Waals surface area contributed by atoms with Crippen LogP contribution >= 0.6 is 23.4 Å². The number of aryl methyl sites for hydroxylation is 2. The van der Waals surface area contributed by atoms with Crippen LogP contribution in [0.15, 0.2) is 4.79 Å². The number of fused-ring (bicyclic) bond motifs is 2. The molecule has 0 spiro atoms. The highest BCUT2D eigenvalue weighted by atomic mass is 35.5. The average Bonchev–Trinajstić information content (AvgIpc) is 3.75. The topological polar surface area (TPSA) is 96.7 Å². The number of thioether (sulfide) groups is 1. The van der Waals surface area contributed by atoms with E-state index in [0.29, 0.717) is 49.6 Å². The Labute approximate surface area is 288 Å². The Morgan fingerprint density at radius 2 is 1.94 bits per heavy atom.